The molecule has 0 saturated carbocycles. The highest BCUT2D eigenvalue weighted by Gasteiger charge is 2.18. The lowest BCUT2D eigenvalue weighted by atomic mass is 10.1. The van der Waals surface area contributed by atoms with E-state index in [9.17, 15) is 4.79 Å². The first-order valence-corrected chi connectivity index (χ1v) is 8.10. The maximum absolute atomic E-state index is 12.6. The topological polar surface area (TPSA) is 48.5 Å². The number of pyridine rings is 1. The molecule has 24 heavy (non-hydrogen) atoms. The van der Waals surface area contributed by atoms with Gasteiger partial charge in [0, 0.05) is 31.9 Å². The second kappa shape index (κ2) is 8.13. The zero-order chi connectivity index (χ0) is 17.7. The summed E-state index contributed by atoms with van der Waals surface area (Å²) in [5.74, 6) is 0.524. The SMILES string of the molecule is CN(C)c1ncccc1C(=O)NCC(c1ccc(Cl)cc1)N(C)C. The molecule has 1 unspecified atom stereocenters. The average molecular weight is 347 g/mol. The van der Waals surface area contributed by atoms with Gasteiger partial charge in [-0.25, -0.2) is 4.98 Å². The Morgan fingerprint density at radius 1 is 1.17 bits per heavy atom. The fourth-order valence-electron chi connectivity index (χ4n) is 2.50. The van der Waals surface area contributed by atoms with Gasteiger partial charge in [-0.15, -0.1) is 0 Å². The van der Waals surface area contributed by atoms with Crippen LogP contribution in [-0.2, 0) is 0 Å². The molecular weight excluding hydrogens is 324 g/mol. The Morgan fingerprint density at radius 2 is 1.83 bits per heavy atom. The second-order valence-electron chi connectivity index (χ2n) is 6.01. The second-order valence-corrected chi connectivity index (χ2v) is 6.45. The summed E-state index contributed by atoms with van der Waals surface area (Å²) in [7, 11) is 7.71. The highest BCUT2D eigenvalue weighted by molar-refractivity contribution is 6.30. The van der Waals surface area contributed by atoms with Gasteiger partial charge in [0.2, 0.25) is 0 Å². The Hall–Kier alpha value is -2.11. The third-order valence-corrected chi connectivity index (χ3v) is 4.04. The van der Waals surface area contributed by atoms with E-state index in [4.69, 9.17) is 11.6 Å². The van der Waals surface area contributed by atoms with Crippen molar-refractivity contribution in [2.24, 2.45) is 0 Å². The molecule has 2 aromatic rings. The van der Waals surface area contributed by atoms with E-state index in [0.717, 1.165) is 5.56 Å². The fourth-order valence-corrected chi connectivity index (χ4v) is 2.62. The van der Waals surface area contributed by atoms with Crippen LogP contribution in [0, 0.1) is 0 Å². The number of hydrogen-bond donors (Lipinski definition) is 1. The van der Waals surface area contributed by atoms with E-state index in [-0.39, 0.29) is 11.9 Å². The number of hydrogen-bond acceptors (Lipinski definition) is 4. The number of carbonyl (C=O) groups excluding carboxylic acids is 1. The monoisotopic (exact) mass is 346 g/mol. The Bertz CT molecular complexity index is 686. The van der Waals surface area contributed by atoms with Crippen molar-refractivity contribution in [3.8, 4) is 0 Å². The highest BCUT2D eigenvalue weighted by Crippen LogP contribution is 2.20. The summed E-state index contributed by atoms with van der Waals surface area (Å²) < 4.78 is 0. The molecule has 1 amide bonds. The highest BCUT2D eigenvalue weighted by atomic mass is 35.5. The lowest BCUT2D eigenvalue weighted by Crippen LogP contribution is -2.35. The van der Waals surface area contributed by atoms with Crippen molar-refractivity contribution in [2.45, 2.75) is 6.04 Å². The van der Waals surface area contributed by atoms with Crippen LogP contribution < -0.4 is 10.2 Å². The summed E-state index contributed by atoms with van der Waals surface area (Å²) in [6, 6.07) is 11.3. The van der Waals surface area contributed by atoms with Crippen molar-refractivity contribution in [3.05, 3.63) is 58.7 Å². The number of anilines is 1. The lowest BCUT2D eigenvalue weighted by Gasteiger charge is -2.25. The van der Waals surface area contributed by atoms with Gasteiger partial charge in [-0.05, 0) is 43.9 Å². The standard InChI is InChI=1S/C18H23ClN4O/c1-22(2)16(13-7-9-14(19)10-8-13)12-21-18(24)15-6-5-11-20-17(15)23(3)4/h5-11,16H,12H2,1-4H3,(H,21,24). The minimum atomic E-state index is -0.132. The van der Waals surface area contributed by atoms with Gasteiger partial charge in [0.1, 0.15) is 5.82 Å². The van der Waals surface area contributed by atoms with Gasteiger partial charge in [-0.2, -0.15) is 0 Å². The summed E-state index contributed by atoms with van der Waals surface area (Å²) >= 11 is 5.96. The molecule has 0 bridgehead atoms. The molecular formula is C18H23ClN4O. The van der Waals surface area contributed by atoms with E-state index in [0.29, 0.717) is 22.9 Å². The summed E-state index contributed by atoms with van der Waals surface area (Å²) in [6.45, 7) is 0.495. The number of rotatable bonds is 6. The first kappa shape index (κ1) is 18.2. The number of aromatic nitrogens is 1. The Morgan fingerprint density at radius 3 is 2.42 bits per heavy atom. The molecule has 0 fully saturated rings. The van der Waals surface area contributed by atoms with Crippen LogP contribution in [-0.4, -0.2) is 50.5 Å². The smallest absolute Gasteiger partial charge is 0.255 e. The fraction of sp³-hybridized carbons (Fsp3) is 0.333. The van der Waals surface area contributed by atoms with E-state index in [1.165, 1.54) is 0 Å². The molecule has 1 aromatic carbocycles. The predicted molar refractivity (Wildman–Crippen MR) is 98.8 cm³/mol. The van der Waals surface area contributed by atoms with Gasteiger partial charge < -0.3 is 15.1 Å². The molecule has 1 aromatic heterocycles. The molecule has 128 valence electrons. The number of nitrogens with zero attached hydrogens (tertiary/aromatic N) is 3. The minimum absolute atomic E-state index is 0.0608. The third-order valence-electron chi connectivity index (χ3n) is 3.79. The van der Waals surface area contributed by atoms with E-state index < -0.39 is 0 Å². The number of likely N-dealkylation sites (N-methyl/N-ethyl adjacent to an activating group) is 1. The van der Waals surface area contributed by atoms with Crippen LogP contribution in [0.15, 0.2) is 42.6 Å². The maximum atomic E-state index is 12.6. The summed E-state index contributed by atoms with van der Waals surface area (Å²) in [5.41, 5.74) is 1.67. The predicted octanol–water partition coefficient (Wildman–Crippen LogP) is 2.83. The van der Waals surface area contributed by atoms with Crippen molar-refractivity contribution in [1.29, 1.82) is 0 Å². The summed E-state index contributed by atoms with van der Waals surface area (Å²) in [6.07, 6.45) is 1.68. The quantitative estimate of drug-likeness (QED) is 0.873. The zero-order valence-electron chi connectivity index (χ0n) is 14.5. The molecule has 5 nitrogen and oxygen atoms in total. The van der Waals surface area contributed by atoms with Gasteiger partial charge in [-0.1, -0.05) is 23.7 Å². The van der Waals surface area contributed by atoms with Crippen molar-refractivity contribution in [2.75, 3.05) is 39.6 Å². The molecule has 0 aliphatic carbocycles. The van der Waals surface area contributed by atoms with E-state index in [1.807, 2.05) is 57.4 Å². The van der Waals surface area contributed by atoms with Crippen LogP contribution in [0.2, 0.25) is 5.02 Å². The minimum Gasteiger partial charge on any atom is -0.362 e. The van der Waals surface area contributed by atoms with Crippen LogP contribution in [0.1, 0.15) is 22.0 Å². The van der Waals surface area contributed by atoms with Crippen molar-refractivity contribution >= 4 is 23.3 Å². The van der Waals surface area contributed by atoms with Crippen LogP contribution in [0.25, 0.3) is 0 Å². The van der Waals surface area contributed by atoms with Gasteiger partial charge in [-0.3, -0.25) is 4.79 Å². The van der Waals surface area contributed by atoms with Crippen molar-refractivity contribution in [1.82, 2.24) is 15.2 Å². The Kier molecular flexibility index (Phi) is 6.17. The van der Waals surface area contributed by atoms with Gasteiger partial charge in [0.05, 0.1) is 11.6 Å². The maximum Gasteiger partial charge on any atom is 0.255 e. The molecule has 0 aliphatic heterocycles. The number of halogens is 1. The van der Waals surface area contributed by atoms with E-state index in [1.54, 1.807) is 18.3 Å². The summed E-state index contributed by atoms with van der Waals surface area (Å²) in [5, 5.41) is 3.71. The normalized spacial score (nSPS) is 12.1. The van der Waals surface area contributed by atoms with Gasteiger partial charge in [0.15, 0.2) is 0 Å². The molecule has 6 heteroatoms. The van der Waals surface area contributed by atoms with Crippen LogP contribution in [0.4, 0.5) is 5.82 Å². The molecule has 0 aliphatic rings. The van der Waals surface area contributed by atoms with Crippen molar-refractivity contribution < 1.29 is 4.79 Å². The van der Waals surface area contributed by atoms with Crippen molar-refractivity contribution in [3.63, 3.8) is 0 Å². The van der Waals surface area contributed by atoms with Gasteiger partial charge >= 0.3 is 0 Å². The van der Waals surface area contributed by atoms with E-state index in [2.05, 4.69) is 15.2 Å². The van der Waals surface area contributed by atoms with Crippen LogP contribution in [0.5, 0.6) is 0 Å². The largest absolute Gasteiger partial charge is 0.362 e. The van der Waals surface area contributed by atoms with Gasteiger partial charge in [0.25, 0.3) is 5.91 Å². The average Bonchev–Trinajstić information content (AvgIpc) is 2.56. The van der Waals surface area contributed by atoms with E-state index >= 15 is 0 Å². The number of nitrogens with one attached hydrogen (secondary N) is 1. The number of benzene rings is 1. The molecule has 0 saturated heterocycles. The van der Waals surface area contributed by atoms with Crippen LogP contribution in [0.3, 0.4) is 0 Å². The first-order valence-electron chi connectivity index (χ1n) is 7.72. The molecule has 1 N–H and O–H groups in total. The molecule has 1 atom stereocenters. The Labute approximate surface area is 148 Å². The Balaban J connectivity index is 2.12. The molecule has 0 spiro atoms. The first-order chi connectivity index (χ1) is 11.4. The summed E-state index contributed by atoms with van der Waals surface area (Å²) in [4.78, 5) is 20.7. The number of carbonyl (C=O) groups is 1. The zero-order valence-corrected chi connectivity index (χ0v) is 15.2. The number of amides is 1. The third kappa shape index (κ3) is 4.46. The molecule has 2 rings (SSSR count). The van der Waals surface area contributed by atoms with Crippen LogP contribution >= 0.6 is 11.6 Å². The molecule has 1 heterocycles. The molecule has 0 radical (unpaired) electrons. The lowest BCUT2D eigenvalue weighted by molar-refractivity contribution is 0.0942.